The van der Waals surface area contributed by atoms with E-state index in [9.17, 15) is 9.59 Å². The van der Waals surface area contributed by atoms with Gasteiger partial charge in [0.2, 0.25) is 0 Å². The van der Waals surface area contributed by atoms with E-state index in [-0.39, 0.29) is 11.5 Å². The summed E-state index contributed by atoms with van der Waals surface area (Å²) < 4.78 is 1.36. The number of amides is 1. The van der Waals surface area contributed by atoms with Gasteiger partial charge in [-0.3, -0.25) is 9.59 Å². The molecule has 132 valence electrons. The van der Waals surface area contributed by atoms with Gasteiger partial charge in [-0.05, 0) is 30.7 Å². The number of hydrogen-bond acceptors (Lipinski definition) is 4. The fourth-order valence-electron chi connectivity index (χ4n) is 2.94. The van der Waals surface area contributed by atoms with Gasteiger partial charge in [0.25, 0.3) is 11.5 Å². The molecule has 1 aromatic heterocycles. The molecule has 6 nitrogen and oxygen atoms in total. The van der Waals surface area contributed by atoms with Crippen molar-refractivity contribution in [3.63, 3.8) is 0 Å². The van der Waals surface area contributed by atoms with Crippen LogP contribution in [0.4, 0.5) is 5.69 Å². The molecule has 3 rings (SSSR count). The zero-order chi connectivity index (χ0) is 17.8. The molecule has 1 aliphatic heterocycles. The zero-order valence-corrected chi connectivity index (χ0v) is 14.9. The van der Waals surface area contributed by atoms with Gasteiger partial charge < -0.3 is 9.80 Å². The lowest BCUT2D eigenvalue weighted by Gasteiger charge is -2.36. The second kappa shape index (κ2) is 7.70. The van der Waals surface area contributed by atoms with Gasteiger partial charge in [0.1, 0.15) is 5.69 Å². The molecule has 1 saturated heterocycles. The predicted molar refractivity (Wildman–Crippen MR) is 98.4 cm³/mol. The lowest BCUT2D eigenvalue weighted by Crippen LogP contribution is -2.49. The molecule has 2 heterocycles. The molecule has 1 amide bonds. The normalized spacial score (nSPS) is 14.6. The monoisotopic (exact) mass is 360 g/mol. The number of halogens is 1. The molecule has 1 aromatic carbocycles. The average Bonchev–Trinajstić information content (AvgIpc) is 2.63. The Labute approximate surface area is 151 Å². The van der Waals surface area contributed by atoms with Crippen LogP contribution in [0.5, 0.6) is 0 Å². The summed E-state index contributed by atoms with van der Waals surface area (Å²) in [4.78, 5) is 28.4. The van der Waals surface area contributed by atoms with Gasteiger partial charge in [0, 0.05) is 49.5 Å². The molecule has 7 heteroatoms. The number of carbonyl (C=O) groups excluding carboxylic acids is 1. The Kier molecular flexibility index (Phi) is 5.38. The van der Waals surface area contributed by atoms with Crippen molar-refractivity contribution in [1.29, 1.82) is 0 Å². The number of carbonyl (C=O) groups is 1. The van der Waals surface area contributed by atoms with E-state index in [4.69, 9.17) is 11.6 Å². The molecular weight excluding hydrogens is 340 g/mol. The molecule has 0 spiro atoms. The number of nitrogens with zero attached hydrogens (tertiary/aromatic N) is 4. The largest absolute Gasteiger partial charge is 0.368 e. The van der Waals surface area contributed by atoms with E-state index in [0.717, 1.165) is 25.2 Å². The molecular formula is C18H21ClN4O2. The number of hydrogen-bond donors (Lipinski definition) is 0. The first-order valence-electron chi connectivity index (χ1n) is 8.46. The Balaban J connectivity index is 1.67. The molecule has 2 aromatic rings. The molecule has 0 saturated carbocycles. The van der Waals surface area contributed by atoms with Crippen molar-refractivity contribution in [2.24, 2.45) is 0 Å². The summed E-state index contributed by atoms with van der Waals surface area (Å²) in [5, 5.41) is 4.91. The van der Waals surface area contributed by atoms with Crippen LogP contribution in [0.1, 0.15) is 23.8 Å². The van der Waals surface area contributed by atoms with E-state index in [2.05, 4.69) is 10.00 Å². The number of piperazine rings is 1. The maximum Gasteiger partial charge on any atom is 0.274 e. The third-order valence-corrected chi connectivity index (χ3v) is 4.50. The third-order valence-electron chi connectivity index (χ3n) is 4.26. The lowest BCUT2D eigenvalue weighted by molar-refractivity contribution is 0.0738. The summed E-state index contributed by atoms with van der Waals surface area (Å²) in [6.07, 6.45) is 0.795. The summed E-state index contributed by atoms with van der Waals surface area (Å²) in [5.41, 5.74) is 1.21. The molecule has 0 radical (unpaired) electrons. The average molecular weight is 361 g/mol. The molecule has 1 fully saturated rings. The van der Waals surface area contributed by atoms with Crippen molar-refractivity contribution in [2.75, 3.05) is 31.1 Å². The topological polar surface area (TPSA) is 58.4 Å². The highest BCUT2D eigenvalue weighted by atomic mass is 35.5. The molecule has 0 atom stereocenters. The predicted octanol–water partition coefficient (Wildman–Crippen LogP) is 2.27. The molecule has 0 unspecified atom stereocenters. The SMILES string of the molecule is CCCn1nc(C(=O)N2CCN(c3cccc(Cl)c3)CC2)ccc1=O. The van der Waals surface area contributed by atoms with E-state index in [0.29, 0.717) is 30.4 Å². The minimum absolute atomic E-state index is 0.129. The summed E-state index contributed by atoms with van der Waals surface area (Å²) in [6.45, 7) is 5.18. The van der Waals surface area contributed by atoms with Gasteiger partial charge in [0.15, 0.2) is 0 Å². The smallest absolute Gasteiger partial charge is 0.274 e. The van der Waals surface area contributed by atoms with Crippen LogP contribution in [-0.4, -0.2) is 46.8 Å². The van der Waals surface area contributed by atoms with Gasteiger partial charge >= 0.3 is 0 Å². The summed E-state index contributed by atoms with van der Waals surface area (Å²) in [5.74, 6) is -0.129. The summed E-state index contributed by atoms with van der Waals surface area (Å²) in [6, 6.07) is 10.7. The van der Waals surface area contributed by atoms with E-state index >= 15 is 0 Å². The van der Waals surface area contributed by atoms with Crippen molar-refractivity contribution < 1.29 is 4.79 Å². The summed E-state index contributed by atoms with van der Waals surface area (Å²) in [7, 11) is 0. The van der Waals surface area contributed by atoms with E-state index in [1.165, 1.54) is 16.8 Å². The Bertz CT molecular complexity index is 813. The first-order valence-corrected chi connectivity index (χ1v) is 8.84. The number of benzene rings is 1. The maximum atomic E-state index is 12.7. The van der Waals surface area contributed by atoms with Crippen LogP contribution in [0, 0.1) is 0 Å². The first-order chi connectivity index (χ1) is 12.1. The summed E-state index contributed by atoms with van der Waals surface area (Å²) >= 11 is 6.05. The maximum absolute atomic E-state index is 12.7. The zero-order valence-electron chi connectivity index (χ0n) is 14.2. The lowest BCUT2D eigenvalue weighted by atomic mass is 10.2. The van der Waals surface area contributed by atoms with Gasteiger partial charge in [-0.1, -0.05) is 24.6 Å². The first kappa shape index (κ1) is 17.5. The minimum Gasteiger partial charge on any atom is -0.368 e. The Morgan fingerprint density at radius 1 is 1.16 bits per heavy atom. The Morgan fingerprint density at radius 2 is 1.92 bits per heavy atom. The number of rotatable bonds is 4. The van der Waals surface area contributed by atoms with Crippen LogP contribution >= 0.6 is 11.6 Å². The Morgan fingerprint density at radius 3 is 2.60 bits per heavy atom. The van der Waals surface area contributed by atoms with Crippen LogP contribution in [0.2, 0.25) is 5.02 Å². The second-order valence-corrected chi connectivity index (χ2v) is 6.48. The van der Waals surface area contributed by atoms with Gasteiger partial charge in [0.05, 0.1) is 0 Å². The van der Waals surface area contributed by atoms with Crippen LogP contribution in [0.15, 0.2) is 41.2 Å². The van der Waals surface area contributed by atoms with Crippen molar-refractivity contribution in [2.45, 2.75) is 19.9 Å². The third kappa shape index (κ3) is 4.02. The van der Waals surface area contributed by atoms with Crippen molar-refractivity contribution >= 4 is 23.2 Å². The molecule has 0 N–H and O–H groups in total. The quantitative estimate of drug-likeness (QED) is 0.839. The number of anilines is 1. The van der Waals surface area contributed by atoms with E-state index < -0.39 is 0 Å². The fraction of sp³-hybridized carbons (Fsp3) is 0.389. The standard InChI is InChI=1S/C18H21ClN4O2/c1-2-8-23-17(24)7-6-16(20-23)18(25)22-11-9-21(10-12-22)15-5-3-4-14(19)13-15/h3-7,13H,2,8-12H2,1H3. The minimum atomic E-state index is -0.177. The van der Waals surface area contributed by atoms with E-state index in [1.807, 2.05) is 31.2 Å². The van der Waals surface area contributed by atoms with Gasteiger partial charge in [-0.2, -0.15) is 5.10 Å². The molecule has 0 bridgehead atoms. The molecule has 0 aliphatic carbocycles. The van der Waals surface area contributed by atoms with Crippen LogP contribution in [-0.2, 0) is 6.54 Å². The van der Waals surface area contributed by atoms with Gasteiger partial charge in [-0.15, -0.1) is 0 Å². The second-order valence-electron chi connectivity index (χ2n) is 6.04. The van der Waals surface area contributed by atoms with Crippen molar-refractivity contribution in [1.82, 2.24) is 14.7 Å². The molecule has 25 heavy (non-hydrogen) atoms. The highest BCUT2D eigenvalue weighted by Crippen LogP contribution is 2.21. The number of aromatic nitrogens is 2. The molecule has 1 aliphatic rings. The Hall–Kier alpha value is -2.34. The van der Waals surface area contributed by atoms with Crippen LogP contribution in [0.25, 0.3) is 0 Å². The highest BCUT2D eigenvalue weighted by Gasteiger charge is 2.23. The highest BCUT2D eigenvalue weighted by molar-refractivity contribution is 6.30. The fourth-order valence-corrected chi connectivity index (χ4v) is 3.12. The van der Waals surface area contributed by atoms with Crippen molar-refractivity contribution in [3.8, 4) is 0 Å². The number of aryl methyl sites for hydroxylation is 1. The van der Waals surface area contributed by atoms with Crippen LogP contribution < -0.4 is 10.5 Å². The van der Waals surface area contributed by atoms with Crippen molar-refractivity contribution in [3.05, 3.63) is 57.5 Å². The van der Waals surface area contributed by atoms with Gasteiger partial charge in [-0.25, -0.2) is 4.68 Å². The van der Waals surface area contributed by atoms with Crippen LogP contribution in [0.3, 0.4) is 0 Å². The van der Waals surface area contributed by atoms with E-state index in [1.54, 1.807) is 4.90 Å².